The van der Waals surface area contributed by atoms with Gasteiger partial charge in [-0.25, -0.2) is 0 Å². The van der Waals surface area contributed by atoms with Crippen LogP contribution in [0.15, 0.2) is 0 Å². The second-order valence-corrected chi connectivity index (χ2v) is 6.32. The van der Waals surface area contributed by atoms with Gasteiger partial charge in [0, 0.05) is 12.6 Å². The molecular formula is C15H29N3. The predicted molar refractivity (Wildman–Crippen MR) is 76.4 cm³/mol. The van der Waals surface area contributed by atoms with Crippen LogP contribution >= 0.6 is 0 Å². The standard InChI is InChI=1S/C15H29N3/c1-14(12-18-10-6-7-11-18)17-9-5-4-8-15(2,3)13-16/h14,17H,4-12H2,1-3H3. The lowest BCUT2D eigenvalue weighted by atomic mass is 9.89. The van der Waals surface area contributed by atoms with Crippen LogP contribution in [-0.2, 0) is 0 Å². The molecule has 1 N–H and O–H groups in total. The molecule has 3 heteroatoms. The van der Waals surface area contributed by atoms with Crippen LogP contribution in [0, 0.1) is 16.7 Å². The third-order valence-corrected chi connectivity index (χ3v) is 3.75. The van der Waals surface area contributed by atoms with Crippen molar-refractivity contribution in [2.45, 2.75) is 58.9 Å². The fourth-order valence-electron chi connectivity index (χ4n) is 2.51. The maximum atomic E-state index is 8.93. The summed E-state index contributed by atoms with van der Waals surface area (Å²) in [5, 5.41) is 12.5. The molecule has 1 rings (SSSR count). The Morgan fingerprint density at radius 3 is 2.56 bits per heavy atom. The first kappa shape index (κ1) is 15.5. The lowest BCUT2D eigenvalue weighted by Crippen LogP contribution is -2.38. The summed E-state index contributed by atoms with van der Waals surface area (Å²) in [7, 11) is 0. The molecule has 1 heterocycles. The van der Waals surface area contributed by atoms with E-state index in [1.54, 1.807) is 0 Å². The Balaban J connectivity index is 1.98. The molecule has 0 aromatic rings. The molecule has 1 aliphatic rings. The number of nitrogens with one attached hydrogen (secondary N) is 1. The van der Waals surface area contributed by atoms with Crippen LogP contribution in [0.4, 0.5) is 0 Å². The summed E-state index contributed by atoms with van der Waals surface area (Å²) < 4.78 is 0. The van der Waals surface area contributed by atoms with Crippen LogP contribution in [0.2, 0.25) is 0 Å². The van der Waals surface area contributed by atoms with Gasteiger partial charge in [-0.1, -0.05) is 6.42 Å². The van der Waals surface area contributed by atoms with Crippen LogP contribution in [0.1, 0.15) is 52.9 Å². The molecule has 0 aliphatic carbocycles. The Morgan fingerprint density at radius 1 is 1.28 bits per heavy atom. The maximum absolute atomic E-state index is 8.93. The molecule has 18 heavy (non-hydrogen) atoms. The number of rotatable bonds is 8. The molecule has 1 aliphatic heterocycles. The van der Waals surface area contributed by atoms with Gasteiger partial charge in [0.25, 0.3) is 0 Å². The zero-order chi connectivity index (χ0) is 13.4. The summed E-state index contributed by atoms with van der Waals surface area (Å²) in [6, 6.07) is 2.95. The highest BCUT2D eigenvalue weighted by Gasteiger charge is 2.16. The summed E-state index contributed by atoms with van der Waals surface area (Å²) in [5.41, 5.74) is -0.152. The first-order chi connectivity index (χ1) is 8.53. The topological polar surface area (TPSA) is 39.1 Å². The van der Waals surface area contributed by atoms with E-state index >= 15 is 0 Å². The van der Waals surface area contributed by atoms with Crippen LogP contribution in [0.3, 0.4) is 0 Å². The summed E-state index contributed by atoms with van der Waals surface area (Å²) in [5.74, 6) is 0. The van der Waals surface area contributed by atoms with Crippen molar-refractivity contribution in [1.82, 2.24) is 10.2 Å². The van der Waals surface area contributed by atoms with E-state index in [0.29, 0.717) is 6.04 Å². The van der Waals surface area contributed by atoms with Crippen molar-refractivity contribution < 1.29 is 0 Å². The van der Waals surface area contributed by atoms with Gasteiger partial charge in [-0.3, -0.25) is 0 Å². The van der Waals surface area contributed by atoms with E-state index in [1.807, 2.05) is 13.8 Å². The van der Waals surface area contributed by atoms with E-state index in [1.165, 1.54) is 38.9 Å². The van der Waals surface area contributed by atoms with Crippen molar-refractivity contribution >= 4 is 0 Å². The average Bonchev–Trinajstić information content (AvgIpc) is 2.81. The number of hydrogen-bond donors (Lipinski definition) is 1. The molecule has 1 atom stereocenters. The molecule has 0 aromatic carbocycles. The van der Waals surface area contributed by atoms with Crippen molar-refractivity contribution in [2.75, 3.05) is 26.2 Å². The maximum Gasteiger partial charge on any atom is 0.0683 e. The number of likely N-dealkylation sites (tertiary alicyclic amines) is 1. The first-order valence-corrected chi connectivity index (χ1v) is 7.40. The monoisotopic (exact) mass is 251 g/mol. The Morgan fingerprint density at radius 2 is 1.94 bits per heavy atom. The summed E-state index contributed by atoms with van der Waals surface area (Å²) in [6.45, 7) is 11.1. The van der Waals surface area contributed by atoms with Gasteiger partial charge in [-0.15, -0.1) is 0 Å². The summed E-state index contributed by atoms with van der Waals surface area (Å²) >= 11 is 0. The van der Waals surface area contributed by atoms with Crippen molar-refractivity contribution in [3.63, 3.8) is 0 Å². The summed E-state index contributed by atoms with van der Waals surface area (Å²) in [4.78, 5) is 2.55. The Kier molecular flexibility index (Phi) is 6.67. The van der Waals surface area contributed by atoms with Gasteiger partial charge >= 0.3 is 0 Å². The average molecular weight is 251 g/mol. The molecule has 3 nitrogen and oxygen atoms in total. The van der Waals surface area contributed by atoms with Crippen LogP contribution < -0.4 is 5.32 Å². The van der Waals surface area contributed by atoms with E-state index in [0.717, 1.165) is 19.4 Å². The van der Waals surface area contributed by atoms with Gasteiger partial charge in [0.15, 0.2) is 0 Å². The van der Waals surface area contributed by atoms with E-state index in [2.05, 4.69) is 23.2 Å². The molecule has 0 aromatic heterocycles. The molecular weight excluding hydrogens is 222 g/mol. The van der Waals surface area contributed by atoms with Gasteiger partial charge in [0.1, 0.15) is 0 Å². The molecule has 1 unspecified atom stereocenters. The predicted octanol–water partition coefficient (Wildman–Crippen LogP) is 2.78. The van der Waals surface area contributed by atoms with Gasteiger partial charge in [0.05, 0.1) is 11.5 Å². The fraction of sp³-hybridized carbons (Fsp3) is 0.933. The van der Waals surface area contributed by atoms with Crippen molar-refractivity contribution in [2.24, 2.45) is 5.41 Å². The Hall–Kier alpha value is -0.590. The second-order valence-electron chi connectivity index (χ2n) is 6.32. The minimum absolute atomic E-state index is 0.152. The Labute approximate surface area is 113 Å². The van der Waals surface area contributed by atoms with Crippen LogP contribution in [0.5, 0.6) is 0 Å². The van der Waals surface area contributed by atoms with Gasteiger partial charge in [-0.05, 0) is 66.1 Å². The minimum Gasteiger partial charge on any atom is -0.313 e. The largest absolute Gasteiger partial charge is 0.313 e. The third-order valence-electron chi connectivity index (χ3n) is 3.75. The third kappa shape index (κ3) is 6.37. The van der Waals surface area contributed by atoms with Gasteiger partial charge < -0.3 is 10.2 Å². The smallest absolute Gasteiger partial charge is 0.0683 e. The van der Waals surface area contributed by atoms with Crippen LogP contribution in [0.25, 0.3) is 0 Å². The molecule has 0 saturated carbocycles. The number of nitrogens with zero attached hydrogens (tertiary/aromatic N) is 2. The molecule has 1 fully saturated rings. The normalized spacial score (nSPS) is 18.8. The van der Waals surface area contributed by atoms with E-state index < -0.39 is 0 Å². The molecule has 104 valence electrons. The molecule has 0 spiro atoms. The zero-order valence-electron chi connectivity index (χ0n) is 12.3. The summed E-state index contributed by atoms with van der Waals surface area (Å²) in [6.07, 6.45) is 6.07. The lowest BCUT2D eigenvalue weighted by Gasteiger charge is -2.21. The SMILES string of the molecule is CC(CN1CCCC1)NCCCCC(C)(C)C#N. The molecule has 1 saturated heterocycles. The van der Waals surface area contributed by atoms with Gasteiger partial charge in [0.2, 0.25) is 0 Å². The minimum atomic E-state index is -0.152. The molecule has 0 amide bonds. The number of hydrogen-bond acceptors (Lipinski definition) is 3. The highest BCUT2D eigenvalue weighted by molar-refractivity contribution is 4.91. The molecule has 0 bridgehead atoms. The van der Waals surface area contributed by atoms with Crippen molar-refractivity contribution in [3.05, 3.63) is 0 Å². The van der Waals surface area contributed by atoms with Gasteiger partial charge in [-0.2, -0.15) is 5.26 Å². The first-order valence-electron chi connectivity index (χ1n) is 7.40. The second kappa shape index (κ2) is 7.76. The highest BCUT2D eigenvalue weighted by atomic mass is 15.2. The number of unbranched alkanes of at least 4 members (excludes halogenated alkanes) is 1. The quantitative estimate of drug-likeness (QED) is 0.674. The lowest BCUT2D eigenvalue weighted by molar-refractivity contribution is 0.297. The zero-order valence-corrected chi connectivity index (χ0v) is 12.3. The molecule has 0 radical (unpaired) electrons. The van der Waals surface area contributed by atoms with E-state index in [9.17, 15) is 0 Å². The number of nitriles is 1. The van der Waals surface area contributed by atoms with Crippen molar-refractivity contribution in [1.29, 1.82) is 5.26 Å². The fourth-order valence-corrected chi connectivity index (χ4v) is 2.51. The Bertz CT molecular complexity index is 261. The van der Waals surface area contributed by atoms with E-state index in [4.69, 9.17) is 5.26 Å². The van der Waals surface area contributed by atoms with Crippen LogP contribution in [-0.4, -0.2) is 37.1 Å². The highest BCUT2D eigenvalue weighted by Crippen LogP contribution is 2.21. The van der Waals surface area contributed by atoms with Crippen molar-refractivity contribution in [3.8, 4) is 6.07 Å². The van der Waals surface area contributed by atoms with E-state index in [-0.39, 0.29) is 5.41 Å².